The fourth-order valence-electron chi connectivity index (χ4n) is 2.36. The molecule has 1 fully saturated rings. The van der Waals surface area contributed by atoms with Gasteiger partial charge >= 0.3 is 5.97 Å². The first kappa shape index (κ1) is 14.5. The molecule has 4 nitrogen and oxygen atoms in total. The molecule has 0 N–H and O–H groups in total. The van der Waals surface area contributed by atoms with Crippen LogP contribution in [0, 0.1) is 0 Å². The second kappa shape index (κ2) is 8.48. The van der Waals surface area contributed by atoms with E-state index < -0.39 is 0 Å². The average molecular weight is 242 g/mol. The normalized spacial score (nSPS) is 16.6. The molecule has 0 aromatic rings. The quantitative estimate of drug-likeness (QED) is 0.602. The van der Waals surface area contributed by atoms with Crippen molar-refractivity contribution in [3.05, 3.63) is 0 Å². The smallest absolute Gasteiger partial charge is 0.319 e. The van der Waals surface area contributed by atoms with Crippen molar-refractivity contribution in [3.8, 4) is 0 Å². The van der Waals surface area contributed by atoms with Crippen LogP contribution >= 0.6 is 0 Å². The van der Waals surface area contributed by atoms with Crippen molar-refractivity contribution in [2.75, 3.05) is 46.4 Å². The molecule has 0 radical (unpaired) electrons. The van der Waals surface area contributed by atoms with Crippen LogP contribution in [0.4, 0.5) is 0 Å². The Morgan fingerprint density at radius 2 is 2.00 bits per heavy atom. The summed E-state index contributed by atoms with van der Waals surface area (Å²) in [7, 11) is 1.46. The van der Waals surface area contributed by atoms with E-state index in [2.05, 4.69) is 16.7 Å². The first-order valence-corrected chi connectivity index (χ1v) is 6.77. The number of hydrogen-bond acceptors (Lipinski definition) is 4. The Bertz CT molecular complexity index is 215. The van der Waals surface area contributed by atoms with E-state index in [1.165, 1.54) is 39.6 Å². The van der Waals surface area contributed by atoms with Crippen LogP contribution in [0.3, 0.4) is 0 Å². The highest BCUT2D eigenvalue weighted by atomic mass is 16.5. The Kier molecular flexibility index (Phi) is 7.21. The van der Waals surface area contributed by atoms with Crippen molar-refractivity contribution in [1.29, 1.82) is 0 Å². The number of carbonyl (C=O) groups is 1. The molecule has 0 saturated carbocycles. The van der Waals surface area contributed by atoms with Crippen molar-refractivity contribution >= 4 is 5.97 Å². The molecule has 0 aliphatic carbocycles. The summed E-state index contributed by atoms with van der Waals surface area (Å²) in [5.74, 6) is -0.125. The number of nitrogens with zero attached hydrogens (tertiary/aromatic N) is 2. The Balaban J connectivity index is 2.16. The lowest BCUT2D eigenvalue weighted by Crippen LogP contribution is -2.34. The maximum absolute atomic E-state index is 11.2. The number of rotatable bonds is 8. The number of esters is 1. The van der Waals surface area contributed by atoms with Gasteiger partial charge in [0.2, 0.25) is 0 Å². The van der Waals surface area contributed by atoms with Crippen LogP contribution < -0.4 is 0 Å². The highest BCUT2D eigenvalue weighted by molar-refractivity contribution is 5.71. The van der Waals surface area contributed by atoms with Crippen LogP contribution in [0.25, 0.3) is 0 Å². The molecular weight excluding hydrogens is 216 g/mol. The summed E-state index contributed by atoms with van der Waals surface area (Å²) >= 11 is 0. The van der Waals surface area contributed by atoms with Gasteiger partial charge < -0.3 is 9.64 Å². The van der Waals surface area contributed by atoms with Crippen LogP contribution in [0.15, 0.2) is 0 Å². The summed E-state index contributed by atoms with van der Waals surface area (Å²) in [6.45, 7) is 8.24. The summed E-state index contributed by atoms with van der Waals surface area (Å²) in [5.41, 5.74) is 0. The average Bonchev–Trinajstić information content (AvgIpc) is 2.82. The van der Waals surface area contributed by atoms with Gasteiger partial charge in [-0.25, -0.2) is 0 Å². The predicted molar refractivity (Wildman–Crippen MR) is 69.0 cm³/mol. The third kappa shape index (κ3) is 6.03. The molecule has 0 atom stereocenters. The number of hydrogen-bond donors (Lipinski definition) is 0. The lowest BCUT2D eigenvalue weighted by Gasteiger charge is -2.22. The summed E-state index contributed by atoms with van der Waals surface area (Å²) in [5, 5.41) is 0. The fourth-order valence-corrected chi connectivity index (χ4v) is 2.36. The van der Waals surface area contributed by atoms with Crippen LogP contribution in [0.1, 0.15) is 32.6 Å². The molecule has 100 valence electrons. The minimum Gasteiger partial charge on any atom is -0.468 e. The van der Waals surface area contributed by atoms with Crippen molar-refractivity contribution in [3.63, 3.8) is 0 Å². The lowest BCUT2D eigenvalue weighted by atomic mass is 10.3. The maximum Gasteiger partial charge on any atom is 0.319 e. The molecule has 0 aromatic heterocycles. The molecule has 1 aliphatic rings. The van der Waals surface area contributed by atoms with Gasteiger partial charge in [-0.15, -0.1) is 0 Å². The van der Waals surface area contributed by atoms with Crippen molar-refractivity contribution in [2.24, 2.45) is 0 Å². The SMILES string of the molecule is CCCN(CCCN1CCCC1)CC(=O)OC. The Morgan fingerprint density at radius 1 is 1.29 bits per heavy atom. The molecule has 1 heterocycles. The Morgan fingerprint density at radius 3 is 2.59 bits per heavy atom. The number of methoxy groups -OCH3 is 1. The van der Waals surface area contributed by atoms with Gasteiger partial charge in [-0.2, -0.15) is 0 Å². The first-order valence-electron chi connectivity index (χ1n) is 6.77. The van der Waals surface area contributed by atoms with E-state index in [0.717, 1.165) is 25.9 Å². The molecular formula is C13H26N2O2. The van der Waals surface area contributed by atoms with Crippen molar-refractivity contribution in [2.45, 2.75) is 32.6 Å². The van der Waals surface area contributed by atoms with Crippen LogP contribution in [0.2, 0.25) is 0 Å². The molecule has 17 heavy (non-hydrogen) atoms. The number of ether oxygens (including phenoxy) is 1. The van der Waals surface area contributed by atoms with Crippen LogP contribution in [-0.2, 0) is 9.53 Å². The zero-order chi connectivity index (χ0) is 12.5. The predicted octanol–water partition coefficient (Wildman–Crippen LogP) is 1.36. The summed E-state index contributed by atoms with van der Waals surface area (Å²) in [6, 6.07) is 0. The Hall–Kier alpha value is -0.610. The molecule has 4 heteroatoms. The summed E-state index contributed by atoms with van der Waals surface area (Å²) < 4.78 is 4.72. The van der Waals surface area contributed by atoms with Gasteiger partial charge in [0.1, 0.15) is 0 Å². The molecule has 0 bridgehead atoms. The van der Waals surface area contributed by atoms with Crippen LogP contribution in [-0.4, -0.2) is 62.1 Å². The topological polar surface area (TPSA) is 32.8 Å². The molecule has 0 spiro atoms. The highest BCUT2D eigenvalue weighted by Crippen LogP contribution is 2.07. The molecule has 1 saturated heterocycles. The molecule has 0 unspecified atom stereocenters. The van der Waals surface area contributed by atoms with E-state index in [-0.39, 0.29) is 5.97 Å². The van der Waals surface area contributed by atoms with Gasteiger partial charge in [-0.3, -0.25) is 9.69 Å². The van der Waals surface area contributed by atoms with E-state index in [0.29, 0.717) is 6.54 Å². The summed E-state index contributed by atoms with van der Waals surface area (Å²) in [4.78, 5) is 16.0. The standard InChI is InChI=1S/C13H26N2O2/c1-3-7-15(12-13(16)17-2)11-6-10-14-8-4-5-9-14/h3-12H2,1-2H3. The second-order valence-corrected chi connectivity index (χ2v) is 4.75. The highest BCUT2D eigenvalue weighted by Gasteiger charge is 2.13. The number of likely N-dealkylation sites (tertiary alicyclic amines) is 1. The van der Waals surface area contributed by atoms with E-state index in [4.69, 9.17) is 4.74 Å². The molecule has 0 amide bonds. The zero-order valence-electron chi connectivity index (χ0n) is 11.3. The minimum absolute atomic E-state index is 0.125. The van der Waals surface area contributed by atoms with Crippen molar-refractivity contribution < 1.29 is 9.53 Å². The fraction of sp³-hybridized carbons (Fsp3) is 0.923. The van der Waals surface area contributed by atoms with Gasteiger partial charge in [0.15, 0.2) is 0 Å². The van der Waals surface area contributed by atoms with E-state index in [9.17, 15) is 4.79 Å². The third-order valence-corrected chi connectivity index (χ3v) is 3.27. The molecule has 1 aliphatic heterocycles. The van der Waals surface area contributed by atoms with E-state index in [1.807, 2.05) is 0 Å². The monoisotopic (exact) mass is 242 g/mol. The van der Waals surface area contributed by atoms with Crippen molar-refractivity contribution in [1.82, 2.24) is 9.80 Å². The minimum atomic E-state index is -0.125. The summed E-state index contributed by atoms with van der Waals surface area (Å²) in [6.07, 6.45) is 4.93. The largest absolute Gasteiger partial charge is 0.468 e. The van der Waals surface area contributed by atoms with Gasteiger partial charge in [-0.05, 0) is 58.4 Å². The van der Waals surface area contributed by atoms with E-state index >= 15 is 0 Å². The maximum atomic E-state index is 11.2. The van der Waals surface area contributed by atoms with Gasteiger partial charge in [0, 0.05) is 0 Å². The zero-order valence-corrected chi connectivity index (χ0v) is 11.3. The Labute approximate surface area is 105 Å². The van der Waals surface area contributed by atoms with Gasteiger partial charge in [-0.1, -0.05) is 6.92 Å². The van der Waals surface area contributed by atoms with Gasteiger partial charge in [0.25, 0.3) is 0 Å². The number of carbonyl (C=O) groups excluding carboxylic acids is 1. The van der Waals surface area contributed by atoms with E-state index in [1.54, 1.807) is 0 Å². The lowest BCUT2D eigenvalue weighted by molar-refractivity contribution is -0.141. The molecule has 1 rings (SSSR count). The second-order valence-electron chi connectivity index (χ2n) is 4.75. The third-order valence-electron chi connectivity index (χ3n) is 3.27. The first-order chi connectivity index (χ1) is 8.26. The van der Waals surface area contributed by atoms with Crippen LogP contribution in [0.5, 0.6) is 0 Å². The van der Waals surface area contributed by atoms with Gasteiger partial charge in [0.05, 0.1) is 13.7 Å². The molecule has 0 aromatic carbocycles.